The first kappa shape index (κ1) is 15.6. The van der Waals surface area contributed by atoms with E-state index < -0.39 is 0 Å². The number of ketones is 1. The molecule has 2 aromatic carbocycles. The monoisotopic (exact) mass is 308 g/mol. The summed E-state index contributed by atoms with van der Waals surface area (Å²) in [5.74, 6) is 0.677. The topological polar surface area (TPSA) is 46.3 Å². The summed E-state index contributed by atoms with van der Waals surface area (Å²) in [7, 11) is 0. The molecule has 0 atom stereocenters. The molecule has 0 bridgehead atoms. The third-order valence-corrected chi connectivity index (χ3v) is 4.29. The maximum Gasteiger partial charge on any atom is 0.193 e. The van der Waals surface area contributed by atoms with Crippen molar-refractivity contribution >= 4 is 17.2 Å². The molecule has 1 aliphatic rings. The molecular formula is C20H24N2O. The molecule has 0 aliphatic carbocycles. The average Bonchev–Trinajstić information content (AvgIpc) is 2.53. The van der Waals surface area contributed by atoms with Crippen molar-refractivity contribution in [2.45, 2.75) is 26.7 Å². The molecule has 0 aromatic heterocycles. The third-order valence-electron chi connectivity index (χ3n) is 4.29. The van der Waals surface area contributed by atoms with Gasteiger partial charge in [-0.05, 0) is 54.7 Å². The molecule has 3 rings (SSSR count). The van der Waals surface area contributed by atoms with Crippen molar-refractivity contribution in [3.63, 3.8) is 0 Å². The Kier molecular flexibility index (Phi) is 4.37. The molecule has 0 amide bonds. The molecule has 1 heterocycles. The Bertz CT molecular complexity index is 721. The van der Waals surface area contributed by atoms with Crippen molar-refractivity contribution in [3.05, 3.63) is 59.2 Å². The highest BCUT2D eigenvalue weighted by molar-refractivity contribution is 6.09. The number of anilines is 2. The minimum Gasteiger partial charge on any atom is -0.399 e. The van der Waals surface area contributed by atoms with Crippen LogP contribution < -0.4 is 10.6 Å². The van der Waals surface area contributed by atoms with Crippen LogP contribution in [0.5, 0.6) is 0 Å². The number of carbonyl (C=O) groups excluding carboxylic acids is 1. The Hall–Kier alpha value is -2.29. The number of aryl methyl sites for hydroxylation is 1. The smallest absolute Gasteiger partial charge is 0.193 e. The first-order chi connectivity index (χ1) is 11.0. The van der Waals surface area contributed by atoms with Crippen LogP contribution in [0.1, 0.15) is 41.8 Å². The lowest BCUT2D eigenvalue weighted by Gasteiger charge is -2.33. The Morgan fingerprint density at radius 1 is 1.17 bits per heavy atom. The van der Waals surface area contributed by atoms with Crippen LogP contribution in [0.3, 0.4) is 0 Å². The van der Waals surface area contributed by atoms with Gasteiger partial charge >= 0.3 is 0 Å². The van der Waals surface area contributed by atoms with Gasteiger partial charge in [0.2, 0.25) is 0 Å². The summed E-state index contributed by atoms with van der Waals surface area (Å²) in [6.45, 7) is 6.65. The molecule has 120 valence electrons. The van der Waals surface area contributed by atoms with E-state index >= 15 is 0 Å². The molecule has 2 aromatic rings. The molecule has 23 heavy (non-hydrogen) atoms. The van der Waals surface area contributed by atoms with E-state index in [1.807, 2.05) is 18.2 Å². The van der Waals surface area contributed by atoms with Gasteiger partial charge in [0.05, 0.1) is 0 Å². The van der Waals surface area contributed by atoms with E-state index in [4.69, 9.17) is 5.73 Å². The van der Waals surface area contributed by atoms with Crippen molar-refractivity contribution in [1.29, 1.82) is 0 Å². The van der Waals surface area contributed by atoms with Crippen molar-refractivity contribution in [2.75, 3.05) is 23.7 Å². The number of nitrogens with zero attached hydrogens (tertiary/aromatic N) is 1. The second-order valence-electron chi connectivity index (χ2n) is 6.74. The number of rotatable bonds is 4. The van der Waals surface area contributed by atoms with Gasteiger partial charge in [0.15, 0.2) is 5.78 Å². The van der Waals surface area contributed by atoms with E-state index in [-0.39, 0.29) is 5.78 Å². The largest absolute Gasteiger partial charge is 0.399 e. The van der Waals surface area contributed by atoms with E-state index in [0.29, 0.717) is 17.2 Å². The summed E-state index contributed by atoms with van der Waals surface area (Å²) in [6.07, 6.45) is 2.19. The number of fused-ring (bicyclic) bond motifs is 1. The molecule has 2 N–H and O–H groups in total. The fourth-order valence-corrected chi connectivity index (χ4v) is 3.29. The van der Waals surface area contributed by atoms with Crippen LogP contribution in [0.4, 0.5) is 11.4 Å². The quantitative estimate of drug-likeness (QED) is 0.688. The van der Waals surface area contributed by atoms with Crippen LogP contribution in [0.25, 0.3) is 0 Å². The fraction of sp³-hybridized carbons (Fsp3) is 0.350. The van der Waals surface area contributed by atoms with Crippen LogP contribution in [0.2, 0.25) is 0 Å². The Morgan fingerprint density at radius 3 is 2.70 bits per heavy atom. The van der Waals surface area contributed by atoms with E-state index in [9.17, 15) is 4.79 Å². The van der Waals surface area contributed by atoms with Crippen LogP contribution >= 0.6 is 0 Å². The van der Waals surface area contributed by atoms with Crippen molar-refractivity contribution < 1.29 is 4.79 Å². The number of hydrogen-bond acceptors (Lipinski definition) is 3. The van der Waals surface area contributed by atoms with Gasteiger partial charge in [-0.1, -0.05) is 26.0 Å². The molecular weight excluding hydrogens is 284 g/mol. The van der Waals surface area contributed by atoms with Crippen LogP contribution in [0.15, 0.2) is 42.5 Å². The molecule has 0 spiro atoms. The Morgan fingerprint density at radius 2 is 1.96 bits per heavy atom. The van der Waals surface area contributed by atoms with E-state index in [0.717, 1.165) is 31.5 Å². The molecule has 3 nitrogen and oxygen atoms in total. The molecule has 1 aliphatic heterocycles. The molecule has 0 unspecified atom stereocenters. The standard InChI is InChI=1S/C20H24N2O/c1-14(2)13-22-10-4-6-15-11-17(8-9-19(15)22)20(23)16-5-3-7-18(21)12-16/h3,5,7-9,11-12,14H,4,6,10,13,21H2,1-2H3. The highest BCUT2D eigenvalue weighted by Crippen LogP contribution is 2.29. The lowest BCUT2D eigenvalue weighted by molar-refractivity contribution is 0.103. The Labute approximate surface area is 138 Å². The molecule has 3 heteroatoms. The summed E-state index contributed by atoms with van der Waals surface area (Å²) in [4.78, 5) is 15.1. The molecule has 0 saturated heterocycles. The van der Waals surface area contributed by atoms with Gasteiger partial charge in [0, 0.05) is 35.6 Å². The Balaban J connectivity index is 1.90. The molecule has 0 saturated carbocycles. The van der Waals surface area contributed by atoms with E-state index in [1.54, 1.807) is 12.1 Å². The van der Waals surface area contributed by atoms with Gasteiger partial charge in [-0.25, -0.2) is 0 Å². The highest BCUT2D eigenvalue weighted by Gasteiger charge is 2.19. The second kappa shape index (κ2) is 6.45. The second-order valence-corrected chi connectivity index (χ2v) is 6.74. The summed E-state index contributed by atoms with van der Waals surface area (Å²) in [6, 6.07) is 13.3. The van der Waals surface area contributed by atoms with Gasteiger partial charge < -0.3 is 10.6 Å². The summed E-state index contributed by atoms with van der Waals surface area (Å²) < 4.78 is 0. The zero-order valence-corrected chi connectivity index (χ0v) is 13.9. The summed E-state index contributed by atoms with van der Waals surface area (Å²) in [5, 5.41) is 0. The van der Waals surface area contributed by atoms with Gasteiger partial charge in [-0.3, -0.25) is 4.79 Å². The number of benzene rings is 2. The number of nitrogen functional groups attached to an aromatic ring is 1. The normalized spacial score (nSPS) is 14.0. The number of hydrogen-bond donors (Lipinski definition) is 1. The first-order valence-electron chi connectivity index (χ1n) is 8.32. The number of carbonyl (C=O) groups is 1. The van der Waals surface area contributed by atoms with Crippen LogP contribution in [-0.2, 0) is 6.42 Å². The van der Waals surface area contributed by atoms with Crippen LogP contribution in [-0.4, -0.2) is 18.9 Å². The SMILES string of the molecule is CC(C)CN1CCCc2cc(C(=O)c3cccc(N)c3)ccc21. The van der Waals surface area contributed by atoms with Crippen molar-refractivity contribution in [2.24, 2.45) is 5.92 Å². The van der Waals surface area contributed by atoms with Gasteiger partial charge in [0.1, 0.15) is 0 Å². The predicted octanol–water partition coefficient (Wildman–Crippen LogP) is 3.91. The molecule has 0 fully saturated rings. The van der Waals surface area contributed by atoms with Crippen molar-refractivity contribution in [3.8, 4) is 0 Å². The minimum absolute atomic E-state index is 0.0427. The average molecular weight is 308 g/mol. The lowest BCUT2D eigenvalue weighted by atomic mass is 9.95. The minimum atomic E-state index is 0.0427. The zero-order valence-electron chi connectivity index (χ0n) is 13.9. The third kappa shape index (κ3) is 3.39. The van der Waals surface area contributed by atoms with Gasteiger partial charge in [0.25, 0.3) is 0 Å². The van der Waals surface area contributed by atoms with Gasteiger partial charge in [-0.2, -0.15) is 0 Å². The zero-order chi connectivity index (χ0) is 16.4. The predicted molar refractivity (Wildman–Crippen MR) is 96.1 cm³/mol. The highest BCUT2D eigenvalue weighted by atomic mass is 16.1. The van der Waals surface area contributed by atoms with Crippen molar-refractivity contribution in [1.82, 2.24) is 0 Å². The maximum atomic E-state index is 12.7. The summed E-state index contributed by atoms with van der Waals surface area (Å²) in [5.41, 5.74) is 10.4. The lowest BCUT2D eigenvalue weighted by Crippen LogP contribution is -2.32. The van der Waals surface area contributed by atoms with E-state index in [1.165, 1.54) is 11.3 Å². The molecule has 0 radical (unpaired) electrons. The maximum absolute atomic E-state index is 12.7. The van der Waals surface area contributed by atoms with E-state index in [2.05, 4.69) is 30.9 Å². The summed E-state index contributed by atoms with van der Waals surface area (Å²) >= 11 is 0. The fourth-order valence-electron chi connectivity index (χ4n) is 3.29. The number of nitrogens with two attached hydrogens (primary N) is 1. The van der Waals surface area contributed by atoms with Gasteiger partial charge in [-0.15, -0.1) is 0 Å². The van der Waals surface area contributed by atoms with Crippen LogP contribution in [0, 0.1) is 5.92 Å². The first-order valence-corrected chi connectivity index (χ1v) is 8.32.